The van der Waals surface area contributed by atoms with Crippen LogP contribution in [-0.2, 0) is 0 Å². The van der Waals surface area contributed by atoms with Gasteiger partial charge in [0.15, 0.2) is 0 Å². The van der Waals surface area contributed by atoms with Crippen LogP contribution in [0.4, 0.5) is 0 Å². The van der Waals surface area contributed by atoms with E-state index in [9.17, 15) is 4.79 Å². The molecule has 16 heavy (non-hydrogen) atoms. The molecule has 1 aromatic rings. The molecule has 0 spiro atoms. The van der Waals surface area contributed by atoms with E-state index in [1.807, 2.05) is 0 Å². The van der Waals surface area contributed by atoms with Crippen molar-refractivity contribution in [2.24, 2.45) is 5.92 Å². The quantitative estimate of drug-likeness (QED) is 0.842. The van der Waals surface area contributed by atoms with Gasteiger partial charge in [0.05, 0.1) is 9.21 Å². The van der Waals surface area contributed by atoms with E-state index in [0.717, 1.165) is 12.8 Å². The normalized spacial score (nSPS) is 24.6. The Balaban J connectivity index is 1.84. The molecule has 1 amide bonds. The van der Waals surface area contributed by atoms with Gasteiger partial charge in [-0.25, -0.2) is 0 Å². The summed E-state index contributed by atoms with van der Waals surface area (Å²) < 4.78 is 0.640. The first kappa shape index (κ1) is 12.2. The third kappa shape index (κ3) is 2.90. The Bertz CT molecular complexity index is 380. The van der Waals surface area contributed by atoms with E-state index >= 15 is 0 Å². The van der Waals surface area contributed by atoms with Gasteiger partial charge in [-0.15, -0.1) is 22.9 Å². The average molecular weight is 278 g/mol. The van der Waals surface area contributed by atoms with Crippen LogP contribution in [0.5, 0.6) is 0 Å². The minimum atomic E-state index is -0.0485. The first-order valence-electron chi connectivity index (χ1n) is 5.34. The fourth-order valence-electron chi connectivity index (χ4n) is 1.97. The van der Waals surface area contributed by atoms with E-state index < -0.39 is 0 Å². The maximum absolute atomic E-state index is 11.7. The lowest BCUT2D eigenvalue weighted by molar-refractivity contribution is 0.0951. The Morgan fingerprint density at radius 2 is 2.31 bits per heavy atom. The van der Waals surface area contributed by atoms with E-state index in [2.05, 4.69) is 5.32 Å². The molecule has 0 bridgehead atoms. The lowest BCUT2D eigenvalue weighted by Gasteiger charge is -2.13. The molecule has 0 saturated heterocycles. The fourth-order valence-corrected chi connectivity index (χ4v) is 3.30. The van der Waals surface area contributed by atoms with Crippen molar-refractivity contribution < 1.29 is 4.79 Å². The van der Waals surface area contributed by atoms with Gasteiger partial charge in [-0.2, -0.15) is 0 Å². The summed E-state index contributed by atoms with van der Waals surface area (Å²) in [5.41, 5.74) is 0. The average Bonchev–Trinajstić information content (AvgIpc) is 2.84. The first-order valence-corrected chi connectivity index (χ1v) is 6.97. The van der Waals surface area contributed by atoms with E-state index in [1.165, 1.54) is 17.8 Å². The van der Waals surface area contributed by atoms with Crippen molar-refractivity contribution in [1.29, 1.82) is 0 Å². The molecule has 2 rings (SSSR count). The number of alkyl halides is 1. The van der Waals surface area contributed by atoms with E-state index in [4.69, 9.17) is 23.2 Å². The molecule has 1 aliphatic rings. The van der Waals surface area contributed by atoms with Crippen LogP contribution >= 0.6 is 34.5 Å². The summed E-state index contributed by atoms with van der Waals surface area (Å²) in [4.78, 5) is 12.4. The van der Waals surface area contributed by atoms with Gasteiger partial charge in [-0.05, 0) is 30.9 Å². The molecule has 1 N–H and O–H groups in total. The smallest absolute Gasteiger partial charge is 0.261 e. The summed E-state index contributed by atoms with van der Waals surface area (Å²) in [5, 5.41) is 3.13. The molecule has 1 aliphatic carbocycles. The summed E-state index contributed by atoms with van der Waals surface area (Å²) in [6.45, 7) is 0.669. The van der Waals surface area contributed by atoms with Gasteiger partial charge in [-0.3, -0.25) is 4.79 Å². The van der Waals surface area contributed by atoms with Crippen LogP contribution in [0.15, 0.2) is 12.1 Å². The topological polar surface area (TPSA) is 29.1 Å². The number of halogens is 2. The van der Waals surface area contributed by atoms with Crippen molar-refractivity contribution in [3.8, 4) is 0 Å². The molecule has 0 aliphatic heterocycles. The van der Waals surface area contributed by atoms with E-state index in [0.29, 0.717) is 21.7 Å². The predicted molar refractivity (Wildman–Crippen MR) is 68.6 cm³/mol. The highest BCUT2D eigenvalue weighted by Gasteiger charge is 2.25. The summed E-state index contributed by atoms with van der Waals surface area (Å²) in [6, 6.07) is 3.48. The van der Waals surface area contributed by atoms with Crippen molar-refractivity contribution in [2.75, 3.05) is 6.54 Å². The van der Waals surface area contributed by atoms with Gasteiger partial charge in [0.2, 0.25) is 0 Å². The van der Waals surface area contributed by atoms with Crippen LogP contribution in [0.25, 0.3) is 0 Å². The Labute approximate surface area is 109 Å². The third-order valence-corrected chi connectivity index (χ3v) is 4.69. The highest BCUT2D eigenvalue weighted by atomic mass is 35.5. The second-order valence-electron chi connectivity index (χ2n) is 4.02. The number of hydrogen-bond donors (Lipinski definition) is 1. The number of nitrogens with one attached hydrogen (secondary N) is 1. The second kappa shape index (κ2) is 5.39. The molecule has 5 heteroatoms. The van der Waals surface area contributed by atoms with E-state index in [1.54, 1.807) is 12.1 Å². The second-order valence-corrected chi connectivity index (χ2v) is 6.30. The van der Waals surface area contributed by atoms with Crippen LogP contribution in [-0.4, -0.2) is 17.8 Å². The Kier molecular flexibility index (Phi) is 4.11. The van der Waals surface area contributed by atoms with Crippen LogP contribution in [0.2, 0.25) is 4.34 Å². The molecule has 2 atom stereocenters. The maximum Gasteiger partial charge on any atom is 0.261 e. The molecule has 1 fully saturated rings. The molecule has 2 nitrogen and oxygen atoms in total. The van der Waals surface area contributed by atoms with Crippen LogP contribution in [0, 0.1) is 5.92 Å². The summed E-state index contributed by atoms with van der Waals surface area (Å²) in [7, 11) is 0. The lowest BCUT2D eigenvalue weighted by atomic mass is 10.1. The highest BCUT2D eigenvalue weighted by Crippen LogP contribution is 2.29. The van der Waals surface area contributed by atoms with Gasteiger partial charge in [0, 0.05) is 11.9 Å². The molecular weight excluding hydrogens is 265 g/mol. The van der Waals surface area contributed by atoms with Gasteiger partial charge in [-0.1, -0.05) is 18.0 Å². The SMILES string of the molecule is O=C(NCC1CCCC1Cl)c1ccc(Cl)s1. The summed E-state index contributed by atoms with van der Waals surface area (Å²) >= 11 is 13.2. The zero-order valence-corrected chi connectivity index (χ0v) is 11.0. The largest absolute Gasteiger partial charge is 0.351 e. The number of thiophene rings is 1. The fraction of sp³-hybridized carbons (Fsp3) is 0.545. The van der Waals surface area contributed by atoms with Crippen LogP contribution < -0.4 is 5.32 Å². The molecule has 1 aromatic heterocycles. The van der Waals surface area contributed by atoms with Gasteiger partial charge in [0.1, 0.15) is 0 Å². The Morgan fingerprint density at radius 3 is 2.88 bits per heavy atom. The molecule has 0 aromatic carbocycles. The molecule has 88 valence electrons. The van der Waals surface area contributed by atoms with Gasteiger partial charge < -0.3 is 5.32 Å². The monoisotopic (exact) mass is 277 g/mol. The molecule has 0 radical (unpaired) electrons. The van der Waals surface area contributed by atoms with Crippen molar-refractivity contribution in [2.45, 2.75) is 24.6 Å². The molecule has 1 saturated carbocycles. The van der Waals surface area contributed by atoms with Crippen molar-refractivity contribution in [3.63, 3.8) is 0 Å². The number of hydrogen-bond acceptors (Lipinski definition) is 2. The zero-order chi connectivity index (χ0) is 11.5. The van der Waals surface area contributed by atoms with Crippen LogP contribution in [0.3, 0.4) is 0 Å². The Hall–Kier alpha value is -0.250. The van der Waals surface area contributed by atoms with Crippen molar-refractivity contribution in [3.05, 3.63) is 21.3 Å². The summed E-state index contributed by atoms with van der Waals surface area (Å²) in [6.07, 6.45) is 3.34. The number of carbonyl (C=O) groups excluding carboxylic acids is 1. The standard InChI is InChI=1S/C11H13Cl2NOS/c12-8-3-1-2-7(8)6-14-11(15)9-4-5-10(13)16-9/h4-5,7-8H,1-3,6H2,(H,14,15). The molecular formula is C11H13Cl2NOS. The predicted octanol–water partition coefficient (Wildman–Crippen LogP) is 3.54. The Morgan fingerprint density at radius 1 is 1.50 bits per heavy atom. The number of carbonyl (C=O) groups is 1. The zero-order valence-electron chi connectivity index (χ0n) is 8.71. The van der Waals surface area contributed by atoms with Crippen LogP contribution in [0.1, 0.15) is 28.9 Å². The van der Waals surface area contributed by atoms with E-state index in [-0.39, 0.29) is 11.3 Å². The van der Waals surface area contributed by atoms with Gasteiger partial charge in [0.25, 0.3) is 5.91 Å². The number of rotatable bonds is 3. The van der Waals surface area contributed by atoms with Crippen molar-refractivity contribution in [1.82, 2.24) is 5.32 Å². The highest BCUT2D eigenvalue weighted by molar-refractivity contribution is 7.17. The third-order valence-electron chi connectivity index (χ3n) is 2.89. The van der Waals surface area contributed by atoms with Crippen molar-refractivity contribution >= 4 is 40.4 Å². The maximum atomic E-state index is 11.7. The first-order chi connectivity index (χ1) is 7.66. The minimum Gasteiger partial charge on any atom is -0.351 e. The minimum absolute atomic E-state index is 0.0485. The molecule has 2 unspecified atom stereocenters. The summed E-state index contributed by atoms with van der Waals surface area (Å²) in [5.74, 6) is 0.369. The molecule has 1 heterocycles. The number of amides is 1. The lowest BCUT2D eigenvalue weighted by Crippen LogP contribution is -2.30. The van der Waals surface area contributed by atoms with Gasteiger partial charge >= 0.3 is 0 Å².